The van der Waals surface area contributed by atoms with Crippen LogP contribution in [0.3, 0.4) is 0 Å². The molecule has 100 valence electrons. The van der Waals surface area contributed by atoms with E-state index in [1.54, 1.807) is 0 Å². The normalized spacial score (nSPS) is 13.8. The van der Waals surface area contributed by atoms with Gasteiger partial charge in [-0.15, -0.1) is 0 Å². The van der Waals surface area contributed by atoms with Gasteiger partial charge < -0.3 is 13.9 Å². The highest BCUT2D eigenvalue weighted by Gasteiger charge is 2.22. The smallest absolute Gasteiger partial charge is 0.231 e. The van der Waals surface area contributed by atoms with Crippen molar-refractivity contribution in [3.8, 4) is 11.5 Å². The van der Waals surface area contributed by atoms with Crippen molar-refractivity contribution in [1.82, 2.24) is 0 Å². The minimum absolute atomic E-state index is 0.324. The van der Waals surface area contributed by atoms with Gasteiger partial charge in [-0.05, 0) is 28.4 Å². The molecule has 2 heterocycles. The third-order valence-corrected chi connectivity index (χ3v) is 5.44. The summed E-state index contributed by atoms with van der Waals surface area (Å²) in [7, 11) is -1.35. The van der Waals surface area contributed by atoms with E-state index >= 15 is 0 Å². The molecular weight excluding hydrogens is 256 g/mol. The predicted octanol–water partition coefficient (Wildman–Crippen LogP) is 3.14. The van der Waals surface area contributed by atoms with E-state index in [-0.39, 0.29) is 0 Å². The molecule has 19 heavy (non-hydrogen) atoms. The molecule has 0 spiro atoms. The second-order valence-corrected chi connectivity index (χ2v) is 11.0. The second-order valence-electron chi connectivity index (χ2n) is 5.93. The van der Waals surface area contributed by atoms with Gasteiger partial charge in [0, 0.05) is 6.42 Å². The molecule has 2 aromatic rings. The van der Waals surface area contributed by atoms with Crippen molar-refractivity contribution in [3.63, 3.8) is 0 Å². The van der Waals surface area contributed by atoms with Crippen LogP contribution in [0.4, 0.5) is 0 Å². The highest BCUT2D eigenvalue weighted by Crippen LogP contribution is 2.33. The molecule has 0 saturated carbocycles. The number of ether oxygens (including phenoxy) is 2. The van der Waals surface area contributed by atoms with E-state index in [0.29, 0.717) is 6.79 Å². The highest BCUT2D eigenvalue weighted by molar-refractivity contribution is 6.89. The van der Waals surface area contributed by atoms with Crippen molar-refractivity contribution in [2.24, 2.45) is 0 Å². The zero-order valence-corrected chi connectivity index (χ0v) is 12.5. The summed E-state index contributed by atoms with van der Waals surface area (Å²) < 4.78 is 16.2. The van der Waals surface area contributed by atoms with Gasteiger partial charge in [-0.25, -0.2) is 0 Å². The Labute approximate surface area is 114 Å². The summed E-state index contributed by atoms with van der Waals surface area (Å²) in [4.78, 5) is 0. The number of hydrogen-bond acceptors (Lipinski definition) is 3. The maximum atomic E-state index is 5.42. The van der Waals surface area contributed by atoms with Crippen molar-refractivity contribution in [2.75, 3.05) is 6.79 Å². The van der Waals surface area contributed by atoms with E-state index in [1.807, 2.05) is 18.6 Å². The number of benzene rings is 1. The molecule has 1 aliphatic rings. The summed E-state index contributed by atoms with van der Waals surface area (Å²) >= 11 is 0. The minimum Gasteiger partial charge on any atom is -0.472 e. The fourth-order valence-electron chi connectivity index (χ4n) is 2.39. The van der Waals surface area contributed by atoms with Crippen LogP contribution < -0.4 is 14.7 Å². The fraction of sp³-hybridized carbons (Fsp3) is 0.333. The van der Waals surface area contributed by atoms with Crippen LogP contribution in [0.1, 0.15) is 11.1 Å². The molecule has 0 saturated heterocycles. The lowest BCUT2D eigenvalue weighted by Crippen LogP contribution is -2.38. The molecule has 0 radical (unpaired) electrons. The first-order chi connectivity index (χ1) is 9.04. The van der Waals surface area contributed by atoms with Gasteiger partial charge in [0.25, 0.3) is 0 Å². The second kappa shape index (κ2) is 4.45. The summed E-state index contributed by atoms with van der Waals surface area (Å²) in [6, 6.07) is 6.13. The summed E-state index contributed by atoms with van der Waals surface area (Å²) in [5, 5.41) is 1.39. The molecular formula is C15H18O3Si. The van der Waals surface area contributed by atoms with E-state index in [4.69, 9.17) is 13.9 Å². The molecule has 0 amide bonds. The average molecular weight is 274 g/mol. The maximum Gasteiger partial charge on any atom is 0.231 e. The monoisotopic (exact) mass is 274 g/mol. The number of fused-ring (bicyclic) bond motifs is 1. The van der Waals surface area contributed by atoms with E-state index in [0.717, 1.165) is 17.9 Å². The van der Waals surface area contributed by atoms with Crippen molar-refractivity contribution in [1.29, 1.82) is 0 Å². The van der Waals surface area contributed by atoms with Gasteiger partial charge in [0.05, 0.1) is 20.6 Å². The maximum absolute atomic E-state index is 5.42. The number of rotatable bonds is 3. The van der Waals surface area contributed by atoms with Gasteiger partial charge in [-0.2, -0.15) is 0 Å². The van der Waals surface area contributed by atoms with Crippen LogP contribution in [0, 0.1) is 0 Å². The summed E-state index contributed by atoms with van der Waals surface area (Å²) in [6.45, 7) is 7.33. The van der Waals surface area contributed by atoms with Crippen LogP contribution in [0.25, 0.3) is 0 Å². The average Bonchev–Trinajstić information content (AvgIpc) is 2.95. The van der Waals surface area contributed by atoms with Crippen molar-refractivity contribution in [2.45, 2.75) is 26.1 Å². The molecule has 0 unspecified atom stereocenters. The SMILES string of the molecule is C[Si](C)(C)c1cocc1Cc1ccc2c(c1)OCO2. The van der Waals surface area contributed by atoms with Crippen molar-refractivity contribution in [3.05, 3.63) is 41.9 Å². The molecule has 3 nitrogen and oxygen atoms in total. The quantitative estimate of drug-likeness (QED) is 0.806. The van der Waals surface area contributed by atoms with Crippen LogP contribution in [0.15, 0.2) is 35.1 Å². The molecule has 4 heteroatoms. The molecule has 0 N–H and O–H groups in total. The number of furan rings is 1. The van der Waals surface area contributed by atoms with Gasteiger partial charge in [0.1, 0.15) is 0 Å². The third kappa shape index (κ3) is 2.40. The lowest BCUT2D eigenvalue weighted by Gasteiger charge is -2.16. The lowest BCUT2D eigenvalue weighted by atomic mass is 10.1. The summed E-state index contributed by atoms with van der Waals surface area (Å²) in [5.41, 5.74) is 2.52. The zero-order chi connectivity index (χ0) is 13.5. The van der Waals surface area contributed by atoms with E-state index < -0.39 is 8.07 Å². The summed E-state index contributed by atoms with van der Waals surface area (Å²) in [5.74, 6) is 1.68. The first-order valence-electron chi connectivity index (χ1n) is 6.48. The van der Waals surface area contributed by atoms with Crippen LogP contribution in [0.5, 0.6) is 11.5 Å². The molecule has 1 aromatic carbocycles. The lowest BCUT2D eigenvalue weighted by molar-refractivity contribution is 0.174. The molecule has 1 aliphatic heterocycles. The van der Waals surface area contributed by atoms with E-state index in [1.165, 1.54) is 16.3 Å². The third-order valence-electron chi connectivity index (χ3n) is 3.38. The van der Waals surface area contributed by atoms with Crippen LogP contribution in [-0.4, -0.2) is 14.9 Å². The Morgan fingerprint density at radius 3 is 2.63 bits per heavy atom. The Kier molecular flexibility index (Phi) is 2.90. The molecule has 0 fully saturated rings. The van der Waals surface area contributed by atoms with Gasteiger partial charge in [0.15, 0.2) is 11.5 Å². The highest BCUT2D eigenvalue weighted by atomic mass is 28.3. The fourth-order valence-corrected chi connectivity index (χ4v) is 3.92. The van der Waals surface area contributed by atoms with Gasteiger partial charge in [-0.1, -0.05) is 25.7 Å². The summed E-state index contributed by atoms with van der Waals surface area (Å²) in [6.07, 6.45) is 4.67. The Morgan fingerprint density at radius 2 is 1.84 bits per heavy atom. The van der Waals surface area contributed by atoms with Crippen LogP contribution >= 0.6 is 0 Å². The first kappa shape index (κ1) is 12.4. The Bertz CT molecular complexity index is 596. The molecule has 3 rings (SSSR count). The van der Waals surface area contributed by atoms with Gasteiger partial charge >= 0.3 is 0 Å². The van der Waals surface area contributed by atoms with Crippen LogP contribution in [0.2, 0.25) is 19.6 Å². The van der Waals surface area contributed by atoms with E-state index in [9.17, 15) is 0 Å². The Balaban J connectivity index is 1.88. The molecule has 0 bridgehead atoms. The van der Waals surface area contributed by atoms with Crippen molar-refractivity contribution >= 4 is 13.3 Å². The largest absolute Gasteiger partial charge is 0.472 e. The first-order valence-corrected chi connectivity index (χ1v) is 9.98. The van der Waals surface area contributed by atoms with Gasteiger partial charge in [-0.3, -0.25) is 0 Å². The minimum atomic E-state index is -1.35. The topological polar surface area (TPSA) is 31.6 Å². The molecule has 0 atom stereocenters. The van der Waals surface area contributed by atoms with Crippen molar-refractivity contribution < 1.29 is 13.9 Å². The standard InChI is InChI=1S/C15H18O3Si/c1-19(2,3)15-9-16-8-12(15)6-11-4-5-13-14(7-11)18-10-17-13/h4-5,7-9H,6,10H2,1-3H3. The van der Waals surface area contributed by atoms with Crippen LogP contribution in [-0.2, 0) is 6.42 Å². The Hall–Kier alpha value is -1.68. The zero-order valence-electron chi connectivity index (χ0n) is 11.5. The predicted molar refractivity (Wildman–Crippen MR) is 77.1 cm³/mol. The van der Waals surface area contributed by atoms with Gasteiger partial charge in [0.2, 0.25) is 6.79 Å². The Morgan fingerprint density at radius 1 is 1.05 bits per heavy atom. The molecule has 0 aliphatic carbocycles. The van der Waals surface area contributed by atoms with E-state index in [2.05, 4.69) is 31.8 Å². The number of hydrogen-bond donors (Lipinski definition) is 0. The molecule has 1 aromatic heterocycles.